The first-order valence-corrected chi connectivity index (χ1v) is 5.12. The van der Waals surface area contributed by atoms with Crippen LogP contribution in [0.3, 0.4) is 0 Å². The van der Waals surface area contributed by atoms with E-state index in [1.807, 2.05) is 0 Å². The quantitative estimate of drug-likeness (QED) is 0.863. The zero-order valence-corrected chi connectivity index (χ0v) is 9.49. The molecular formula is C10H6BrFN2O2. The summed E-state index contributed by atoms with van der Waals surface area (Å²) in [6, 6.07) is 4.12. The minimum atomic E-state index is -0.595. The van der Waals surface area contributed by atoms with Crippen molar-refractivity contribution in [2.24, 2.45) is 0 Å². The minimum Gasteiger partial charge on any atom is -0.457 e. The summed E-state index contributed by atoms with van der Waals surface area (Å²) in [7, 11) is 0. The minimum absolute atomic E-state index is 0.347. The van der Waals surface area contributed by atoms with Crippen LogP contribution in [-0.2, 0) is 0 Å². The lowest BCUT2D eigenvalue weighted by Gasteiger charge is -2.02. The molecule has 2 rings (SSSR count). The van der Waals surface area contributed by atoms with Gasteiger partial charge in [-0.25, -0.2) is 4.98 Å². The van der Waals surface area contributed by atoms with Crippen LogP contribution >= 0.6 is 15.9 Å². The maximum absolute atomic E-state index is 12.5. The van der Waals surface area contributed by atoms with Gasteiger partial charge in [-0.15, -0.1) is 0 Å². The van der Waals surface area contributed by atoms with Crippen LogP contribution in [-0.4, -0.2) is 10.9 Å². The summed E-state index contributed by atoms with van der Waals surface area (Å²) in [4.78, 5) is 15.1. The number of furan rings is 1. The van der Waals surface area contributed by atoms with E-state index in [-0.39, 0.29) is 5.91 Å². The van der Waals surface area contributed by atoms with Gasteiger partial charge >= 0.3 is 0 Å². The Morgan fingerprint density at radius 3 is 2.81 bits per heavy atom. The number of amides is 1. The second-order valence-corrected chi connectivity index (χ2v) is 3.65. The van der Waals surface area contributed by atoms with Gasteiger partial charge in [0, 0.05) is 0 Å². The van der Waals surface area contributed by atoms with Gasteiger partial charge in [-0.05, 0) is 34.1 Å². The average Bonchev–Trinajstić information content (AvgIpc) is 2.68. The van der Waals surface area contributed by atoms with Gasteiger partial charge in [0.1, 0.15) is 0 Å². The average molecular weight is 285 g/mol. The van der Waals surface area contributed by atoms with Gasteiger partial charge in [-0.1, -0.05) is 0 Å². The fraction of sp³-hybridized carbons (Fsp3) is 0. The van der Waals surface area contributed by atoms with Gasteiger partial charge in [0.15, 0.2) is 4.67 Å². The predicted octanol–water partition coefficient (Wildman–Crippen LogP) is 2.83. The van der Waals surface area contributed by atoms with E-state index in [0.717, 1.165) is 0 Å². The third-order valence-electron chi connectivity index (χ3n) is 1.85. The van der Waals surface area contributed by atoms with Crippen LogP contribution in [0.5, 0.6) is 0 Å². The van der Waals surface area contributed by atoms with Crippen molar-refractivity contribution in [3.63, 3.8) is 0 Å². The number of carbonyl (C=O) groups excluding carboxylic acids is 1. The molecule has 6 heteroatoms. The van der Waals surface area contributed by atoms with Crippen molar-refractivity contribution in [3.05, 3.63) is 46.8 Å². The smallest absolute Gasteiger partial charge is 0.260 e. The normalized spacial score (nSPS) is 10.1. The molecule has 0 radical (unpaired) electrons. The summed E-state index contributed by atoms with van der Waals surface area (Å²) in [5.41, 5.74) is 0.781. The summed E-state index contributed by atoms with van der Waals surface area (Å²) in [6.07, 6.45) is 2.63. The predicted molar refractivity (Wildman–Crippen MR) is 58.6 cm³/mol. The zero-order valence-electron chi connectivity index (χ0n) is 7.91. The molecule has 0 spiro atoms. The molecule has 0 unspecified atom stereocenters. The summed E-state index contributed by atoms with van der Waals surface area (Å²) in [6.45, 7) is 0. The third kappa shape index (κ3) is 2.27. The number of rotatable bonds is 2. The van der Waals surface area contributed by atoms with Crippen LogP contribution in [0.25, 0.3) is 0 Å². The van der Waals surface area contributed by atoms with E-state index < -0.39 is 5.95 Å². The van der Waals surface area contributed by atoms with E-state index in [1.54, 1.807) is 0 Å². The Balaban J connectivity index is 2.14. The number of hydrogen-bond donors (Lipinski definition) is 1. The highest BCUT2D eigenvalue weighted by molar-refractivity contribution is 9.10. The number of halogens is 2. The molecule has 4 nitrogen and oxygen atoms in total. The van der Waals surface area contributed by atoms with Crippen LogP contribution in [0.1, 0.15) is 10.4 Å². The monoisotopic (exact) mass is 284 g/mol. The van der Waals surface area contributed by atoms with Crippen molar-refractivity contribution in [2.45, 2.75) is 0 Å². The van der Waals surface area contributed by atoms with Crippen LogP contribution in [0.15, 0.2) is 39.7 Å². The van der Waals surface area contributed by atoms with Crippen molar-refractivity contribution in [1.82, 2.24) is 4.98 Å². The van der Waals surface area contributed by atoms with E-state index in [9.17, 15) is 9.18 Å². The van der Waals surface area contributed by atoms with Gasteiger partial charge in [-0.3, -0.25) is 4.79 Å². The first kappa shape index (κ1) is 10.8. The molecule has 0 aliphatic heterocycles. The van der Waals surface area contributed by atoms with Gasteiger partial charge < -0.3 is 9.73 Å². The van der Waals surface area contributed by atoms with Crippen LogP contribution < -0.4 is 5.32 Å². The molecule has 0 bridgehead atoms. The highest BCUT2D eigenvalue weighted by Gasteiger charge is 2.12. The van der Waals surface area contributed by atoms with Crippen molar-refractivity contribution in [2.75, 3.05) is 5.32 Å². The Kier molecular flexibility index (Phi) is 3.00. The largest absolute Gasteiger partial charge is 0.457 e. The number of pyridine rings is 1. The van der Waals surface area contributed by atoms with Crippen molar-refractivity contribution < 1.29 is 13.6 Å². The summed E-state index contributed by atoms with van der Waals surface area (Å²) < 4.78 is 17.8. The number of anilines is 1. The standard InChI is InChI=1S/C10H6BrFN2O2/c11-9-7(3-4-16-9)10(15)14-6-1-2-8(12)13-5-6/h1-5H,(H,14,15). The maximum atomic E-state index is 12.5. The lowest BCUT2D eigenvalue weighted by molar-refractivity contribution is 0.102. The number of hydrogen-bond acceptors (Lipinski definition) is 3. The lowest BCUT2D eigenvalue weighted by Crippen LogP contribution is -2.11. The van der Waals surface area contributed by atoms with Gasteiger partial charge in [0.25, 0.3) is 5.91 Å². The van der Waals surface area contributed by atoms with E-state index in [1.165, 1.54) is 30.7 Å². The van der Waals surface area contributed by atoms with Crippen LogP contribution in [0.4, 0.5) is 10.1 Å². The van der Waals surface area contributed by atoms with Gasteiger partial charge in [0.05, 0.1) is 23.7 Å². The molecular weight excluding hydrogens is 279 g/mol. The highest BCUT2D eigenvalue weighted by atomic mass is 79.9. The molecule has 0 aromatic carbocycles. The maximum Gasteiger partial charge on any atom is 0.260 e. The summed E-state index contributed by atoms with van der Waals surface area (Å²) in [5.74, 6) is -0.948. The molecule has 0 aliphatic rings. The van der Waals surface area contributed by atoms with Gasteiger partial charge in [0.2, 0.25) is 5.95 Å². The Bertz CT molecular complexity index is 510. The van der Waals surface area contributed by atoms with Gasteiger partial charge in [-0.2, -0.15) is 4.39 Å². The molecule has 2 heterocycles. The van der Waals surface area contributed by atoms with E-state index in [0.29, 0.717) is 15.9 Å². The number of nitrogens with one attached hydrogen (secondary N) is 1. The number of nitrogens with zero attached hydrogens (tertiary/aromatic N) is 1. The van der Waals surface area contributed by atoms with Crippen molar-refractivity contribution >= 4 is 27.5 Å². The fourth-order valence-electron chi connectivity index (χ4n) is 1.10. The van der Waals surface area contributed by atoms with Crippen molar-refractivity contribution in [3.8, 4) is 0 Å². The molecule has 0 aliphatic carbocycles. The molecule has 0 atom stereocenters. The second-order valence-electron chi connectivity index (χ2n) is 2.93. The molecule has 16 heavy (non-hydrogen) atoms. The number of carbonyl (C=O) groups is 1. The van der Waals surface area contributed by atoms with Crippen LogP contribution in [0, 0.1) is 5.95 Å². The Morgan fingerprint density at radius 2 is 2.25 bits per heavy atom. The van der Waals surface area contributed by atoms with E-state index in [4.69, 9.17) is 4.42 Å². The lowest BCUT2D eigenvalue weighted by atomic mass is 10.3. The first-order valence-electron chi connectivity index (χ1n) is 4.33. The Labute approximate surface area is 98.6 Å². The molecule has 0 saturated heterocycles. The fourth-order valence-corrected chi connectivity index (χ4v) is 1.52. The third-order valence-corrected chi connectivity index (χ3v) is 2.46. The van der Waals surface area contributed by atoms with E-state index in [2.05, 4.69) is 26.2 Å². The van der Waals surface area contributed by atoms with Crippen LogP contribution in [0.2, 0.25) is 0 Å². The highest BCUT2D eigenvalue weighted by Crippen LogP contribution is 2.18. The summed E-state index contributed by atoms with van der Waals surface area (Å²) >= 11 is 3.09. The Hall–Kier alpha value is -1.69. The molecule has 0 saturated carbocycles. The SMILES string of the molecule is O=C(Nc1ccc(F)nc1)c1ccoc1Br. The molecule has 2 aromatic rings. The molecule has 1 amide bonds. The zero-order chi connectivity index (χ0) is 11.5. The summed E-state index contributed by atoms with van der Waals surface area (Å²) in [5, 5.41) is 2.55. The topological polar surface area (TPSA) is 55.1 Å². The van der Waals surface area contributed by atoms with Crippen molar-refractivity contribution in [1.29, 1.82) is 0 Å². The molecule has 2 aromatic heterocycles. The molecule has 82 valence electrons. The molecule has 1 N–H and O–H groups in total. The van der Waals surface area contributed by atoms with E-state index >= 15 is 0 Å². The Morgan fingerprint density at radius 1 is 1.44 bits per heavy atom. The second kappa shape index (κ2) is 4.44. The first-order chi connectivity index (χ1) is 7.66. The molecule has 0 fully saturated rings. The number of aromatic nitrogens is 1.